The molecule has 0 aliphatic heterocycles. The normalized spacial score (nSPS) is 11.9. The van der Waals surface area contributed by atoms with Crippen LogP contribution in [0.2, 0.25) is 0 Å². The Balaban J connectivity index is 2.43. The summed E-state index contributed by atoms with van der Waals surface area (Å²) in [4.78, 5) is 23.7. The zero-order valence-corrected chi connectivity index (χ0v) is 8.20. The molecule has 0 spiro atoms. The highest BCUT2D eigenvalue weighted by molar-refractivity contribution is 6.13. The van der Waals surface area contributed by atoms with Gasteiger partial charge in [-0.15, -0.1) is 0 Å². The van der Waals surface area contributed by atoms with Crippen LogP contribution >= 0.6 is 0 Å². The molecular weight excluding hydrogens is 178 g/mol. The first-order valence-corrected chi connectivity index (χ1v) is 4.52. The first kappa shape index (κ1) is 8.94. The van der Waals surface area contributed by atoms with Gasteiger partial charge in [0.25, 0.3) is 0 Å². The zero-order chi connectivity index (χ0) is 10.3. The Labute approximate surface area is 82.3 Å². The van der Waals surface area contributed by atoms with E-state index in [0.29, 0.717) is 0 Å². The molecule has 3 heteroatoms. The monoisotopic (exact) mass is 189 g/mol. The van der Waals surface area contributed by atoms with Crippen LogP contribution in [-0.2, 0) is 16.0 Å². The second-order valence-corrected chi connectivity index (χ2v) is 3.51. The molecule has 2 amide bonds. The minimum absolute atomic E-state index is 0.228. The average Bonchev–Trinajstić information content (AvgIpc) is 2.01. The number of carbonyl (C=O) groups excluding carboxylic acids is 2. The molecular formula is C11H11NO2. The van der Waals surface area contributed by atoms with Gasteiger partial charge in [-0.2, -0.15) is 0 Å². The number of carbonyl (C=O) groups is 2. The summed E-state index contributed by atoms with van der Waals surface area (Å²) in [6.45, 7) is 2.81. The van der Waals surface area contributed by atoms with Crippen LogP contribution in [-0.4, -0.2) is 11.8 Å². The lowest BCUT2D eigenvalue weighted by Crippen LogP contribution is -2.34. The maximum atomic E-state index is 11.3. The Morgan fingerprint density at radius 2 is 1.79 bits per heavy atom. The van der Waals surface area contributed by atoms with Crippen molar-refractivity contribution in [2.45, 2.75) is 20.3 Å². The minimum Gasteiger partial charge on any atom is -0.274 e. The van der Waals surface area contributed by atoms with E-state index in [-0.39, 0.29) is 11.8 Å². The van der Waals surface area contributed by atoms with Crippen molar-refractivity contribution in [2.75, 3.05) is 4.90 Å². The van der Waals surface area contributed by atoms with Crippen LogP contribution in [0.15, 0.2) is 18.2 Å². The Morgan fingerprint density at radius 3 is 2.14 bits per heavy atom. The maximum Gasteiger partial charge on any atom is 0.230 e. The minimum atomic E-state index is -0.228. The van der Waals surface area contributed by atoms with E-state index in [0.717, 1.165) is 17.7 Å². The van der Waals surface area contributed by atoms with E-state index in [2.05, 4.69) is 0 Å². The summed E-state index contributed by atoms with van der Waals surface area (Å²) < 4.78 is 0. The van der Waals surface area contributed by atoms with Crippen LogP contribution in [0.5, 0.6) is 0 Å². The van der Waals surface area contributed by atoms with E-state index in [4.69, 9.17) is 0 Å². The first-order chi connectivity index (χ1) is 6.59. The van der Waals surface area contributed by atoms with Crippen molar-refractivity contribution < 1.29 is 9.59 Å². The molecule has 14 heavy (non-hydrogen) atoms. The number of rotatable bonds is 1. The number of amides is 2. The van der Waals surface area contributed by atoms with E-state index >= 15 is 0 Å². The Hall–Kier alpha value is -1.64. The van der Waals surface area contributed by atoms with Gasteiger partial charge in [0.2, 0.25) is 11.8 Å². The summed E-state index contributed by atoms with van der Waals surface area (Å²) in [7, 11) is 0. The van der Waals surface area contributed by atoms with Gasteiger partial charge in [-0.1, -0.05) is 12.1 Å². The molecule has 0 radical (unpaired) electrons. The summed E-state index contributed by atoms with van der Waals surface area (Å²) in [6.07, 6.45) is 0.878. The van der Waals surface area contributed by atoms with Gasteiger partial charge in [-0.05, 0) is 23.6 Å². The highest BCUT2D eigenvalue weighted by Crippen LogP contribution is 2.32. The van der Waals surface area contributed by atoms with Crippen LogP contribution in [0.4, 0.5) is 5.69 Å². The van der Waals surface area contributed by atoms with Gasteiger partial charge in [0.1, 0.15) is 0 Å². The highest BCUT2D eigenvalue weighted by Gasteiger charge is 2.23. The topological polar surface area (TPSA) is 37.4 Å². The molecule has 0 heterocycles. The summed E-state index contributed by atoms with van der Waals surface area (Å²) >= 11 is 0. The molecule has 0 saturated carbocycles. The van der Waals surface area contributed by atoms with Crippen LogP contribution < -0.4 is 4.90 Å². The predicted molar refractivity (Wildman–Crippen MR) is 53.1 cm³/mol. The smallest absolute Gasteiger partial charge is 0.230 e. The van der Waals surface area contributed by atoms with Crippen molar-refractivity contribution >= 4 is 17.5 Å². The van der Waals surface area contributed by atoms with Gasteiger partial charge in [-0.3, -0.25) is 14.5 Å². The Morgan fingerprint density at radius 1 is 1.21 bits per heavy atom. The lowest BCUT2D eigenvalue weighted by molar-refractivity contribution is -0.124. The molecule has 1 aromatic carbocycles. The number of benzene rings is 1. The molecule has 0 aromatic heterocycles. The lowest BCUT2D eigenvalue weighted by Gasteiger charge is -2.25. The van der Waals surface area contributed by atoms with Gasteiger partial charge in [-0.25, -0.2) is 0 Å². The van der Waals surface area contributed by atoms with Crippen molar-refractivity contribution in [1.82, 2.24) is 0 Å². The van der Waals surface area contributed by atoms with E-state index in [1.807, 2.05) is 18.2 Å². The molecule has 0 saturated heterocycles. The van der Waals surface area contributed by atoms with Gasteiger partial charge >= 0.3 is 0 Å². The highest BCUT2D eigenvalue weighted by atomic mass is 16.2. The van der Waals surface area contributed by atoms with Gasteiger partial charge < -0.3 is 0 Å². The summed E-state index contributed by atoms with van der Waals surface area (Å²) in [5, 5.41) is 0. The molecule has 3 nitrogen and oxygen atoms in total. The molecule has 0 atom stereocenters. The summed E-state index contributed by atoms with van der Waals surface area (Å²) in [5.74, 6) is -0.457. The summed E-state index contributed by atoms with van der Waals surface area (Å²) in [5.41, 5.74) is 3.07. The number of anilines is 1. The number of hydrogen-bond donors (Lipinski definition) is 0. The van der Waals surface area contributed by atoms with Crippen LogP contribution in [0, 0.1) is 0 Å². The first-order valence-electron chi connectivity index (χ1n) is 4.52. The summed E-state index contributed by atoms with van der Waals surface area (Å²) in [6, 6.07) is 5.78. The van der Waals surface area contributed by atoms with Crippen molar-refractivity contribution in [3.05, 3.63) is 29.3 Å². The second-order valence-electron chi connectivity index (χ2n) is 3.51. The van der Waals surface area contributed by atoms with Crippen LogP contribution in [0.3, 0.4) is 0 Å². The number of nitrogens with zero attached hydrogens (tertiary/aromatic N) is 1. The molecule has 2 aliphatic rings. The maximum absolute atomic E-state index is 11.3. The van der Waals surface area contributed by atoms with Crippen molar-refractivity contribution in [1.29, 1.82) is 0 Å². The number of hydrogen-bond acceptors (Lipinski definition) is 2. The number of fused-ring (bicyclic) bond motifs is 2. The number of imide groups is 1. The fraction of sp³-hybridized carbons (Fsp3) is 0.273. The van der Waals surface area contributed by atoms with E-state index in [9.17, 15) is 9.59 Å². The largest absolute Gasteiger partial charge is 0.274 e. The molecule has 2 aliphatic carbocycles. The Bertz CT molecular complexity index is 406. The fourth-order valence-corrected chi connectivity index (χ4v) is 1.76. The van der Waals surface area contributed by atoms with Gasteiger partial charge in [0.05, 0.1) is 5.69 Å². The van der Waals surface area contributed by atoms with Crippen LogP contribution in [0.1, 0.15) is 25.0 Å². The van der Waals surface area contributed by atoms with Crippen molar-refractivity contribution in [3.8, 4) is 0 Å². The molecule has 0 N–H and O–H groups in total. The Kier molecular flexibility index (Phi) is 1.88. The van der Waals surface area contributed by atoms with E-state index in [1.165, 1.54) is 24.3 Å². The lowest BCUT2D eigenvalue weighted by atomic mass is 9.91. The van der Waals surface area contributed by atoms with E-state index in [1.54, 1.807) is 0 Å². The third kappa shape index (κ3) is 1.21. The SMILES string of the molecule is CC(=O)N(C(C)=O)c1ccc2cc1C2. The molecule has 2 bridgehead atoms. The molecule has 72 valence electrons. The molecule has 3 rings (SSSR count). The van der Waals surface area contributed by atoms with Crippen LogP contribution in [0.25, 0.3) is 0 Å². The predicted octanol–water partition coefficient (Wildman–Crippen LogP) is 1.49. The van der Waals surface area contributed by atoms with Gasteiger partial charge in [0, 0.05) is 13.8 Å². The third-order valence-electron chi connectivity index (χ3n) is 2.41. The third-order valence-corrected chi connectivity index (χ3v) is 2.41. The van der Waals surface area contributed by atoms with E-state index < -0.39 is 0 Å². The second kappa shape index (κ2) is 2.94. The van der Waals surface area contributed by atoms with Gasteiger partial charge in [0.15, 0.2) is 0 Å². The fourth-order valence-electron chi connectivity index (χ4n) is 1.76. The zero-order valence-electron chi connectivity index (χ0n) is 8.20. The molecule has 1 aromatic rings. The van der Waals surface area contributed by atoms with Crippen molar-refractivity contribution in [3.63, 3.8) is 0 Å². The quantitative estimate of drug-likeness (QED) is 0.681. The average molecular weight is 189 g/mol. The standard InChI is InChI=1S/C11H11NO2/c1-7(13)12(8(2)14)11-4-3-9-5-10(11)6-9/h3-5H,6H2,1-2H3. The van der Waals surface area contributed by atoms with Crippen molar-refractivity contribution in [2.24, 2.45) is 0 Å². The molecule has 0 fully saturated rings. The molecule has 0 unspecified atom stereocenters.